The topological polar surface area (TPSA) is 120 Å². The molecule has 0 unspecified atom stereocenters. The molecule has 8 heteroatoms. The molecule has 4 N–H and O–H groups in total. The Hall–Kier alpha value is -4.33. The minimum absolute atomic E-state index is 0.0160. The van der Waals surface area contributed by atoms with Crippen molar-refractivity contribution in [2.75, 3.05) is 7.11 Å². The number of carbonyl (C=O) groups excluding carboxylic acids is 1. The summed E-state index contributed by atoms with van der Waals surface area (Å²) in [6.45, 7) is 0. The molecule has 0 bridgehead atoms. The number of hydrogen-bond acceptors (Lipinski definition) is 6. The number of rotatable bonds is 5. The first kappa shape index (κ1) is 19.0. The first-order valence-electron chi connectivity index (χ1n) is 9.03. The molecule has 3 aromatic carbocycles. The van der Waals surface area contributed by atoms with Gasteiger partial charge in [0, 0.05) is 5.56 Å². The molecule has 0 aliphatic rings. The quantitative estimate of drug-likeness (QED) is 0.301. The molecular weight excluding hydrogens is 384 g/mol. The maximum absolute atomic E-state index is 12.4. The van der Waals surface area contributed by atoms with Crippen LogP contribution in [-0.4, -0.2) is 39.4 Å². The van der Waals surface area contributed by atoms with Gasteiger partial charge in [-0.3, -0.25) is 4.79 Å². The summed E-state index contributed by atoms with van der Waals surface area (Å²) in [4.78, 5) is 20.0. The summed E-state index contributed by atoms with van der Waals surface area (Å²) < 4.78 is 4.99. The van der Waals surface area contributed by atoms with E-state index in [0.717, 1.165) is 0 Å². The molecule has 0 saturated carbocycles. The number of imidazole rings is 1. The molecule has 4 aromatic rings. The third-order valence-corrected chi connectivity index (χ3v) is 4.49. The molecule has 30 heavy (non-hydrogen) atoms. The molecule has 0 aliphatic heterocycles. The zero-order valence-electron chi connectivity index (χ0n) is 16.0. The van der Waals surface area contributed by atoms with Crippen molar-refractivity contribution in [3.05, 3.63) is 71.8 Å². The molecule has 1 amide bonds. The zero-order chi connectivity index (χ0) is 21.1. The highest BCUT2D eigenvalue weighted by Crippen LogP contribution is 2.28. The lowest BCUT2D eigenvalue weighted by molar-refractivity contribution is 0.0955. The van der Waals surface area contributed by atoms with Gasteiger partial charge in [0.15, 0.2) is 11.5 Å². The van der Waals surface area contributed by atoms with Gasteiger partial charge in [0.1, 0.15) is 11.6 Å². The van der Waals surface area contributed by atoms with Gasteiger partial charge >= 0.3 is 0 Å². The number of aromatic nitrogens is 2. The largest absolute Gasteiger partial charge is 0.507 e. The van der Waals surface area contributed by atoms with Crippen molar-refractivity contribution in [1.82, 2.24) is 15.4 Å². The Morgan fingerprint density at radius 1 is 1.10 bits per heavy atom. The van der Waals surface area contributed by atoms with Crippen molar-refractivity contribution in [3.63, 3.8) is 0 Å². The van der Waals surface area contributed by atoms with E-state index in [1.54, 1.807) is 48.5 Å². The Kier molecular flexibility index (Phi) is 5.04. The second kappa shape index (κ2) is 7.96. The van der Waals surface area contributed by atoms with Crippen molar-refractivity contribution in [3.8, 4) is 28.6 Å². The summed E-state index contributed by atoms with van der Waals surface area (Å²) in [6, 6.07) is 16.7. The predicted octanol–water partition coefficient (Wildman–Crippen LogP) is 3.41. The summed E-state index contributed by atoms with van der Waals surface area (Å²) in [5.74, 6) is 0.570. The van der Waals surface area contributed by atoms with Gasteiger partial charge < -0.3 is 19.9 Å². The van der Waals surface area contributed by atoms with Gasteiger partial charge in [0.25, 0.3) is 5.91 Å². The molecule has 0 spiro atoms. The fourth-order valence-electron chi connectivity index (χ4n) is 2.97. The summed E-state index contributed by atoms with van der Waals surface area (Å²) in [5, 5.41) is 23.7. The number of nitrogens with zero attached hydrogens (tertiary/aromatic N) is 2. The standard InChI is InChI=1S/C22H18N4O4/c1-30-20-9-6-13(10-19(20)28)12-23-26-22(29)14-7-8-16-17(11-14)25-21(24-16)15-4-2-3-5-18(15)27/h2-12,27-28H,1H3,(H,24,25)(H,26,29)/b23-12+. The van der Waals surface area contributed by atoms with Gasteiger partial charge in [-0.05, 0) is 54.1 Å². The number of H-pyrrole nitrogens is 1. The summed E-state index contributed by atoms with van der Waals surface area (Å²) in [5.41, 5.74) is 5.35. The Morgan fingerprint density at radius 2 is 1.93 bits per heavy atom. The number of phenolic OH excluding ortho intramolecular Hbond substituents is 2. The van der Waals surface area contributed by atoms with E-state index in [9.17, 15) is 15.0 Å². The van der Waals surface area contributed by atoms with Crippen molar-refractivity contribution < 1.29 is 19.7 Å². The third kappa shape index (κ3) is 3.79. The number of nitrogens with one attached hydrogen (secondary N) is 2. The number of amides is 1. The molecule has 150 valence electrons. The summed E-state index contributed by atoms with van der Waals surface area (Å²) >= 11 is 0. The highest BCUT2D eigenvalue weighted by Gasteiger charge is 2.11. The number of benzene rings is 3. The van der Waals surface area contributed by atoms with E-state index in [1.807, 2.05) is 6.07 Å². The number of aromatic amines is 1. The number of aromatic hydroxyl groups is 2. The van der Waals surface area contributed by atoms with Crippen LogP contribution in [0.25, 0.3) is 22.4 Å². The zero-order valence-corrected chi connectivity index (χ0v) is 16.0. The minimum atomic E-state index is -0.399. The van der Waals surface area contributed by atoms with Crippen LogP contribution in [0.4, 0.5) is 0 Å². The molecule has 4 rings (SSSR count). The Balaban J connectivity index is 1.51. The molecule has 0 fully saturated rings. The lowest BCUT2D eigenvalue weighted by Gasteiger charge is -2.03. The number of fused-ring (bicyclic) bond motifs is 1. The van der Waals surface area contributed by atoms with E-state index >= 15 is 0 Å². The maximum atomic E-state index is 12.4. The van der Waals surface area contributed by atoms with Gasteiger partial charge in [-0.15, -0.1) is 0 Å². The van der Waals surface area contributed by atoms with E-state index in [1.165, 1.54) is 19.4 Å². The van der Waals surface area contributed by atoms with Crippen LogP contribution in [0.1, 0.15) is 15.9 Å². The van der Waals surface area contributed by atoms with Crippen LogP contribution in [0.3, 0.4) is 0 Å². The van der Waals surface area contributed by atoms with Gasteiger partial charge in [-0.1, -0.05) is 12.1 Å². The van der Waals surface area contributed by atoms with Crippen molar-refractivity contribution in [1.29, 1.82) is 0 Å². The first-order chi connectivity index (χ1) is 14.5. The number of para-hydroxylation sites is 1. The van der Waals surface area contributed by atoms with Gasteiger partial charge in [0.05, 0.1) is 29.9 Å². The van der Waals surface area contributed by atoms with Crippen LogP contribution >= 0.6 is 0 Å². The molecule has 0 aliphatic carbocycles. The number of phenols is 2. The summed E-state index contributed by atoms with van der Waals surface area (Å²) in [6.07, 6.45) is 1.42. The smallest absolute Gasteiger partial charge is 0.271 e. The summed E-state index contributed by atoms with van der Waals surface area (Å²) in [7, 11) is 1.46. The molecule has 0 atom stereocenters. The van der Waals surface area contributed by atoms with Gasteiger partial charge in [-0.2, -0.15) is 5.10 Å². The van der Waals surface area contributed by atoms with Gasteiger partial charge in [0.2, 0.25) is 0 Å². The van der Waals surface area contributed by atoms with Crippen molar-refractivity contribution in [2.24, 2.45) is 5.10 Å². The first-order valence-corrected chi connectivity index (χ1v) is 9.03. The van der Waals surface area contributed by atoms with E-state index < -0.39 is 5.91 Å². The van der Waals surface area contributed by atoms with Crippen LogP contribution < -0.4 is 10.2 Å². The molecular formula is C22H18N4O4. The van der Waals surface area contributed by atoms with Crippen LogP contribution in [0, 0.1) is 0 Å². The molecule has 0 radical (unpaired) electrons. The van der Waals surface area contributed by atoms with Crippen molar-refractivity contribution >= 4 is 23.2 Å². The number of hydrogen-bond donors (Lipinski definition) is 4. The average Bonchev–Trinajstić information content (AvgIpc) is 3.17. The Labute approximate surface area is 171 Å². The lowest BCUT2D eigenvalue weighted by Crippen LogP contribution is -2.17. The number of carbonyl (C=O) groups is 1. The number of ether oxygens (including phenoxy) is 1. The SMILES string of the molecule is COc1ccc(/C=N/NC(=O)c2ccc3nc(-c4ccccc4O)[nH]c3c2)cc1O. The van der Waals surface area contributed by atoms with E-state index in [4.69, 9.17) is 4.74 Å². The van der Waals surface area contributed by atoms with Gasteiger partial charge in [-0.25, -0.2) is 10.4 Å². The lowest BCUT2D eigenvalue weighted by atomic mass is 10.2. The van der Waals surface area contributed by atoms with Crippen LogP contribution in [0.15, 0.2) is 65.8 Å². The van der Waals surface area contributed by atoms with Crippen LogP contribution in [0.2, 0.25) is 0 Å². The molecule has 1 heterocycles. The van der Waals surface area contributed by atoms with Crippen LogP contribution in [-0.2, 0) is 0 Å². The Morgan fingerprint density at radius 3 is 2.70 bits per heavy atom. The van der Waals surface area contributed by atoms with E-state index in [0.29, 0.717) is 39.3 Å². The number of hydrazone groups is 1. The predicted molar refractivity (Wildman–Crippen MR) is 113 cm³/mol. The second-order valence-electron chi connectivity index (χ2n) is 6.46. The monoisotopic (exact) mass is 402 g/mol. The molecule has 8 nitrogen and oxygen atoms in total. The highest BCUT2D eigenvalue weighted by atomic mass is 16.5. The minimum Gasteiger partial charge on any atom is -0.507 e. The maximum Gasteiger partial charge on any atom is 0.271 e. The third-order valence-electron chi connectivity index (χ3n) is 4.49. The molecule has 1 aromatic heterocycles. The fourth-order valence-corrected chi connectivity index (χ4v) is 2.97. The average molecular weight is 402 g/mol. The highest BCUT2D eigenvalue weighted by molar-refractivity contribution is 5.98. The van der Waals surface area contributed by atoms with Crippen LogP contribution in [0.5, 0.6) is 17.2 Å². The van der Waals surface area contributed by atoms with E-state index in [-0.39, 0.29) is 11.5 Å². The second-order valence-corrected chi connectivity index (χ2v) is 6.46. The Bertz CT molecular complexity index is 1260. The fraction of sp³-hybridized carbons (Fsp3) is 0.0455. The van der Waals surface area contributed by atoms with Crippen molar-refractivity contribution in [2.45, 2.75) is 0 Å². The molecule has 0 saturated heterocycles. The van der Waals surface area contributed by atoms with E-state index in [2.05, 4.69) is 20.5 Å². The number of methoxy groups -OCH3 is 1. The normalized spacial score (nSPS) is 11.1.